The molecule has 0 radical (unpaired) electrons. The fourth-order valence-electron chi connectivity index (χ4n) is 3.67. The number of halogens is 1. The van der Waals surface area contributed by atoms with Gasteiger partial charge in [0.05, 0.1) is 18.7 Å². The highest BCUT2D eigenvalue weighted by Gasteiger charge is 2.50. The van der Waals surface area contributed by atoms with E-state index in [0.717, 1.165) is 11.1 Å². The Morgan fingerprint density at radius 2 is 1.63 bits per heavy atom. The molecule has 1 heterocycles. The molecule has 0 aliphatic carbocycles. The minimum absolute atomic E-state index is 0.281. The third kappa shape index (κ3) is 3.92. The zero-order chi connectivity index (χ0) is 21.1. The first-order valence-corrected chi connectivity index (χ1v) is 9.99. The summed E-state index contributed by atoms with van der Waals surface area (Å²) in [6, 6.07) is 23.6. The van der Waals surface area contributed by atoms with Gasteiger partial charge in [0.1, 0.15) is 0 Å². The van der Waals surface area contributed by atoms with Crippen molar-refractivity contribution in [2.45, 2.75) is 18.6 Å². The highest BCUT2D eigenvalue weighted by molar-refractivity contribution is 6.30. The number of carbonyl (C=O) groups is 2. The molecule has 1 N–H and O–H groups in total. The Morgan fingerprint density at radius 1 is 0.967 bits per heavy atom. The van der Waals surface area contributed by atoms with Gasteiger partial charge in [0.15, 0.2) is 11.4 Å². The predicted octanol–water partition coefficient (Wildman–Crippen LogP) is 4.75. The Hall–Kier alpha value is -3.21. The Morgan fingerprint density at radius 3 is 2.37 bits per heavy atom. The summed E-state index contributed by atoms with van der Waals surface area (Å²) in [6.45, 7) is 0.281. The van der Waals surface area contributed by atoms with E-state index >= 15 is 0 Å². The fourth-order valence-corrected chi connectivity index (χ4v) is 3.80. The Labute approximate surface area is 180 Å². The van der Waals surface area contributed by atoms with Crippen LogP contribution in [0.25, 0.3) is 6.08 Å². The molecule has 1 unspecified atom stereocenters. The van der Waals surface area contributed by atoms with Crippen molar-refractivity contribution in [1.82, 2.24) is 0 Å². The van der Waals surface area contributed by atoms with Crippen LogP contribution >= 0.6 is 11.6 Å². The van der Waals surface area contributed by atoms with E-state index in [9.17, 15) is 14.7 Å². The lowest BCUT2D eigenvalue weighted by Crippen LogP contribution is -2.41. The maximum absolute atomic E-state index is 13.2. The molecule has 0 aromatic heterocycles. The number of fused-ring (bicyclic) bond motifs is 1. The monoisotopic (exact) mass is 417 g/mol. The van der Waals surface area contributed by atoms with Crippen LogP contribution in [0.4, 0.5) is 5.69 Å². The largest absolute Gasteiger partial charge is 0.375 e. The first-order chi connectivity index (χ1) is 14.5. The predicted molar refractivity (Wildman–Crippen MR) is 118 cm³/mol. The Kier molecular flexibility index (Phi) is 5.53. The lowest BCUT2D eigenvalue weighted by Gasteiger charge is -2.22. The van der Waals surface area contributed by atoms with Crippen LogP contribution in [0.1, 0.15) is 23.1 Å². The van der Waals surface area contributed by atoms with Gasteiger partial charge in [-0.25, -0.2) is 0 Å². The summed E-state index contributed by atoms with van der Waals surface area (Å²) in [5.74, 6) is -0.821. The van der Waals surface area contributed by atoms with Gasteiger partial charge >= 0.3 is 0 Å². The van der Waals surface area contributed by atoms with E-state index < -0.39 is 11.5 Å². The van der Waals surface area contributed by atoms with Gasteiger partial charge in [-0.1, -0.05) is 78.3 Å². The van der Waals surface area contributed by atoms with Crippen LogP contribution in [0.5, 0.6) is 0 Å². The SMILES string of the molecule is O=C(C=Cc1ccccc1)CC1(O)C(=O)N(Cc2ccc(Cl)cc2)c2ccccc21. The van der Waals surface area contributed by atoms with Crippen LogP contribution in [0.2, 0.25) is 5.02 Å². The second-order valence-electron chi connectivity index (χ2n) is 7.28. The van der Waals surface area contributed by atoms with E-state index in [4.69, 9.17) is 11.6 Å². The van der Waals surface area contributed by atoms with Crippen molar-refractivity contribution in [2.75, 3.05) is 4.90 Å². The molecule has 3 aromatic rings. The summed E-state index contributed by atoms with van der Waals surface area (Å²) in [5, 5.41) is 11.9. The van der Waals surface area contributed by atoms with Gasteiger partial charge in [-0.05, 0) is 35.4 Å². The molecule has 30 heavy (non-hydrogen) atoms. The topological polar surface area (TPSA) is 57.6 Å². The minimum Gasteiger partial charge on any atom is -0.375 e. The summed E-state index contributed by atoms with van der Waals surface area (Å²) in [5.41, 5.74) is 0.925. The van der Waals surface area contributed by atoms with E-state index in [1.54, 1.807) is 36.4 Å². The molecule has 1 atom stereocenters. The average molecular weight is 418 g/mol. The molecule has 0 saturated carbocycles. The maximum atomic E-state index is 13.2. The van der Waals surface area contributed by atoms with Crippen molar-refractivity contribution >= 4 is 35.1 Å². The molecule has 5 heteroatoms. The summed E-state index contributed by atoms with van der Waals surface area (Å²) in [6.07, 6.45) is 2.77. The maximum Gasteiger partial charge on any atom is 0.264 e. The van der Waals surface area contributed by atoms with E-state index in [0.29, 0.717) is 16.3 Å². The Bertz CT molecular complexity index is 1110. The second-order valence-corrected chi connectivity index (χ2v) is 7.72. The van der Waals surface area contributed by atoms with Crippen molar-refractivity contribution in [3.8, 4) is 0 Å². The molecule has 1 amide bonds. The summed E-state index contributed by atoms with van der Waals surface area (Å²) >= 11 is 5.95. The number of hydrogen-bond acceptors (Lipinski definition) is 3. The number of ketones is 1. The molecule has 4 rings (SSSR count). The standard InChI is InChI=1S/C25H20ClNO3/c26-20-13-10-19(11-14-20)17-27-23-9-5-4-8-22(23)25(30,24(27)29)16-21(28)15-12-18-6-2-1-3-7-18/h1-15,30H,16-17H2. The molecule has 1 aliphatic heterocycles. The third-order valence-corrected chi connectivity index (χ3v) is 5.44. The number of allylic oxidation sites excluding steroid dienone is 1. The number of para-hydroxylation sites is 1. The van der Waals surface area contributed by atoms with Crippen LogP contribution in [0.15, 0.2) is 84.9 Å². The first kappa shape index (κ1) is 20.1. The van der Waals surface area contributed by atoms with Gasteiger partial charge in [0.2, 0.25) is 0 Å². The lowest BCUT2D eigenvalue weighted by atomic mass is 9.89. The second kappa shape index (κ2) is 8.27. The van der Waals surface area contributed by atoms with Gasteiger partial charge in [-0.15, -0.1) is 0 Å². The molecule has 150 valence electrons. The summed E-state index contributed by atoms with van der Waals surface area (Å²) < 4.78 is 0. The lowest BCUT2D eigenvalue weighted by molar-refractivity contribution is -0.140. The van der Waals surface area contributed by atoms with E-state index in [1.807, 2.05) is 48.5 Å². The normalized spacial score (nSPS) is 18.1. The number of benzene rings is 3. The van der Waals surface area contributed by atoms with E-state index in [2.05, 4.69) is 0 Å². The molecular formula is C25H20ClNO3. The van der Waals surface area contributed by atoms with Crippen LogP contribution in [0.3, 0.4) is 0 Å². The molecule has 0 spiro atoms. The third-order valence-electron chi connectivity index (χ3n) is 5.18. The van der Waals surface area contributed by atoms with Crippen LogP contribution in [0, 0.1) is 0 Å². The Balaban J connectivity index is 1.59. The van der Waals surface area contributed by atoms with Crippen molar-refractivity contribution in [2.24, 2.45) is 0 Å². The number of carbonyl (C=O) groups excluding carboxylic acids is 2. The fraction of sp³-hybridized carbons (Fsp3) is 0.120. The van der Waals surface area contributed by atoms with E-state index in [-0.39, 0.29) is 18.7 Å². The molecule has 1 aliphatic rings. The first-order valence-electron chi connectivity index (χ1n) is 9.62. The molecule has 0 fully saturated rings. The van der Waals surface area contributed by atoms with Crippen LogP contribution in [-0.2, 0) is 21.7 Å². The number of nitrogens with zero attached hydrogens (tertiary/aromatic N) is 1. The zero-order valence-corrected chi connectivity index (χ0v) is 16.9. The average Bonchev–Trinajstić information content (AvgIpc) is 2.96. The smallest absolute Gasteiger partial charge is 0.264 e. The molecule has 0 bridgehead atoms. The van der Waals surface area contributed by atoms with Gasteiger partial charge < -0.3 is 10.0 Å². The molecule has 4 nitrogen and oxygen atoms in total. The highest BCUT2D eigenvalue weighted by Crippen LogP contribution is 2.43. The number of aliphatic hydroxyl groups is 1. The quantitative estimate of drug-likeness (QED) is 0.589. The highest BCUT2D eigenvalue weighted by atomic mass is 35.5. The molecule has 3 aromatic carbocycles. The number of hydrogen-bond donors (Lipinski definition) is 1. The van der Waals surface area contributed by atoms with Crippen molar-refractivity contribution in [1.29, 1.82) is 0 Å². The van der Waals surface area contributed by atoms with Crippen molar-refractivity contribution in [3.05, 3.63) is 107 Å². The summed E-state index contributed by atoms with van der Waals surface area (Å²) in [4.78, 5) is 27.4. The van der Waals surface area contributed by atoms with Crippen molar-refractivity contribution in [3.63, 3.8) is 0 Å². The zero-order valence-electron chi connectivity index (χ0n) is 16.2. The number of amides is 1. The van der Waals surface area contributed by atoms with Crippen LogP contribution in [-0.4, -0.2) is 16.8 Å². The van der Waals surface area contributed by atoms with Gasteiger partial charge in [-0.2, -0.15) is 0 Å². The van der Waals surface area contributed by atoms with Crippen molar-refractivity contribution < 1.29 is 14.7 Å². The number of rotatable bonds is 6. The van der Waals surface area contributed by atoms with Crippen LogP contribution < -0.4 is 4.90 Å². The van der Waals surface area contributed by atoms with Gasteiger partial charge in [0.25, 0.3) is 5.91 Å². The van der Waals surface area contributed by atoms with Gasteiger partial charge in [0, 0.05) is 10.6 Å². The van der Waals surface area contributed by atoms with Gasteiger partial charge in [-0.3, -0.25) is 9.59 Å². The minimum atomic E-state index is -1.89. The summed E-state index contributed by atoms with van der Waals surface area (Å²) in [7, 11) is 0. The number of anilines is 1. The van der Waals surface area contributed by atoms with E-state index in [1.165, 1.54) is 11.0 Å². The molecular weight excluding hydrogens is 398 g/mol. The molecule has 0 saturated heterocycles.